The normalized spacial score (nSPS) is 26.2. The van der Waals surface area contributed by atoms with E-state index in [4.69, 9.17) is 9.84 Å². The maximum atomic E-state index is 11.9. The third-order valence-corrected chi connectivity index (χ3v) is 4.55. The van der Waals surface area contributed by atoms with E-state index in [1.54, 1.807) is 0 Å². The molecule has 0 bridgehead atoms. The number of aliphatic hydroxyl groups is 1. The number of methoxy groups -OCH3 is 1. The van der Waals surface area contributed by atoms with Gasteiger partial charge in [0.2, 0.25) is 10.0 Å². The van der Waals surface area contributed by atoms with Crippen LogP contribution < -0.4 is 0 Å². The Labute approximate surface area is 100 Å². The van der Waals surface area contributed by atoms with Crippen molar-refractivity contribution in [3.05, 3.63) is 0 Å². The van der Waals surface area contributed by atoms with Crippen LogP contribution in [0.2, 0.25) is 0 Å². The van der Waals surface area contributed by atoms with E-state index >= 15 is 0 Å². The van der Waals surface area contributed by atoms with E-state index in [-0.39, 0.29) is 18.7 Å². The average Bonchev–Trinajstić information content (AvgIpc) is 2.61. The molecule has 0 spiro atoms. The van der Waals surface area contributed by atoms with Crippen LogP contribution in [0, 0.1) is 0 Å². The molecule has 1 aliphatic rings. The summed E-state index contributed by atoms with van der Waals surface area (Å²) in [6.45, 7) is 0.152. The molecule has 17 heavy (non-hydrogen) atoms. The van der Waals surface area contributed by atoms with Crippen LogP contribution >= 0.6 is 0 Å². The van der Waals surface area contributed by atoms with Crippen LogP contribution in [0.3, 0.4) is 0 Å². The minimum Gasteiger partial charge on any atom is -0.480 e. The number of β-amino-alcohol motifs (C(OH)–C–C–N with tert-alkyl or cyclic N) is 1. The second kappa shape index (κ2) is 5.76. The lowest BCUT2D eigenvalue weighted by atomic mass is 10.2. The minimum atomic E-state index is -3.65. The zero-order chi connectivity index (χ0) is 13.1. The number of aliphatic hydroxyl groups excluding tert-OH is 1. The minimum absolute atomic E-state index is 0.0567. The molecular formula is C9H17NO6S. The Morgan fingerprint density at radius 2 is 2.18 bits per heavy atom. The zero-order valence-corrected chi connectivity index (χ0v) is 10.4. The molecule has 1 aliphatic heterocycles. The van der Waals surface area contributed by atoms with Gasteiger partial charge < -0.3 is 14.9 Å². The Morgan fingerprint density at radius 1 is 1.53 bits per heavy atom. The topological polar surface area (TPSA) is 104 Å². The van der Waals surface area contributed by atoms with E-state index in [1.807, 2.05) is 0 Å². The van der Waals surface area contributed by atoms with Gasteiger partial charge in [0.15, 0.2) is 0 Å². The fourth-order valence-corrected chi connectivity index (χ4v) is 3.50. The van der Waals surface area contributed by atoms with E-state index < -0.39 is 28.1 Å². The zero-order valence-electron chi connectivity index (χ0n) is 9.57. The van der Waals surface area contributed by atoms with Gasteiger partial charge in [0.1, 0.15) is 6.04 Å². The first-order chi connectivity index (χ1) is 7.88. The molecule has 1 saturated heterocycles. The molecule has 8 heteroatoms. The SMILES string of the molecule is COCCCS(=O)(=O)N1C[C@H](O)C[C@H]1C(=O)O. The molecular weight excluding hydrogens is 250 g/mol. The van der Waals surface area contributed by atoms with Crippen LogP contribution in [-0.4, -0.2) is 67.1 Å². The highest BCUT2D eigenvalue weighted by atomic mass is 32.2. The monoisotopic (exact) mass is 267 g/mol. The number of nitrogens with zero attached hydrogens (tertiary/aromatic N) is 1. The molecule has 2 atom stereocenters. The number of carbonyl (C=O) groups is 1. The summed E-state index contributed by atoms with van der Waals surface area (Å²) in [5.41, 5.74) is 0. The van der Waals surface area contributed by atoms with Gasteiger partial charge in [-0.25, -0.2) is 8.42 Å². The van der Waals surface area contributed by atoms with Crippen molar-refractivity contribution in [1.29, 1.82) is 0 Å². The van der Waals surface area contributed by atoms with Crippen LogP contribution in [0.25, 0.3) is 0 Å². The fraction of sp³-hybridized carbons (Fsp3) is 0.889. The number of sulfonamides is 1. The first-order valence-corrected chi connectivity index (χ1v) is 6.88. The van der Waals surface area contributed by atoms with Gasteiger partial charge in [-0.05, 0) is 6.42 Å². The lowest BCUT2D eigenvalue weighted by Gasteiger charge is -2.20. The molecule has 0 aliphatic carbocycles. The first-order valence-electron chi connectivity index (χ1n) is 5.28. The molecule has 0 unspecified atom stereocenters. The maximum Gasteiger partial charge on any atom is 0.322 e. The van der Waals surface area contributed by atoms with Gasteiger partial charge in [-0.15, -0.1) is 0 Å². The molecule has 1 fully saturated rings. The van der Waals surface area contributed by atoms with E-state index in [0.29, 0.717) is 13.0 Å². The van der Waals surface area contributed by atoms with E-state index in [2.05, 4.69) is 0 Å². The Kier molecular flexibility index (Phi) is 4.87. The summed E-state index contributed by atoms with van der Waals surface area (Å²) in [6.07, 6.45) is -0.662. The van der Waals surface area contributed by atoms with Gasteiger partial charge in [-0.2, -0.15) is 4.31 Å². The number of rotatable bonds is 6. The summed E-state index contributed by atoms with van der Waals surface area (Å²) in [4.78, 5) is 10.9. The molecule has 0 amide bonds. The lowest BCUT2D eigenvalue weighted by molar-refractivity contribution is -0.140. The van der Waals surface area contributed by atoms with Crippen molar-refractivity contribution < 1.29 is 28.2 Å². The molecule has 2 N–H and O–H groups in total. The second-order valence-corrected chi connectivity index (χ2v) is 6.02. The molecule has 0 radical (unpaired) electrons. The van der Waals surface area contributed by atoms with Gasteiger partial charge in [0.25, 0.3) is 0 Å². The number of carboxylic acid groups (broad SMARTS) is 1. The van der Waals surface area contributed by atoms with E-state index in [1.165, 1.54) is 7.11 Å². The number of aliphatic carboxylic acids is 1. The molecule has 1 rings (SSSR count). The predicted octanol–water partition coefficient (Wildman–Crippen LogP) is -1.13. The Balaban J connectivity index is 2.72. The van der Waals surface area contributed by atoms with Gasteiger partial charge in [0.05, 0.1) is 11.9 Å². The van der Waals surface area contributed by atoms with Gasteiger partial charge in [-0.1, -0.05) is 0 Å². The van der Waals surface area contributed by atoms with Gasteiger partial charge in [-0.3, -0.25) is 4.79 Å². The van der Waals surface area contributed by atoms with E-state index in [9.17, 15) is 18.3 Å². The van der Waals surface area contributed by atoms with Crippen molar-refractivity contribution in [2.75, 3.05) is 26.0 Å². The summed E-state index contributed by atoms with van der Waals surface area (Å²) in [5.74, 6) is -1.39. The molecule has 0 aromatic rings. The van der Waals surface area contributed by atoms with E-state index in [0.717, 1.165) is 4.31 Å². The van der Waals surface area contributed by atoms with Crippen molar-refractivity contribution in [2.24, 2.45) is 0 Å². The smallest absolute Gasteiger partial charge is 0.322 e. The summed E-state index contributed by atoms with van der Waals surface area (Å²) in [6, 6.07) is -1.16. The second-order valence-electron chi connectivity index (χ2n) is 3.98. The number of carboxylic acids is 1. The molecule has 7 nitrogen and oxygen atoms in total. The summed E-state index contributed by atoms with van der Waals surface area (Å²) in [7, 11) is -2.18. The predicted molar refractivity (Wildman–Crippen MR) is 59.0 cm³/mol. The van der Waals surface area contributed by atoms with Crippen LogP contribution in [0.5, 0.6) is 0 Å². The summed E-state index contributed by atoms with van der Waals surface area (Å²) in [5, 5.41) is 18.3. The van der Waals surface area contributed by atoms with Crippen LogP contribution in [0.15, 0.2) is 0 Å². The van der Waals surface area contributed by atoms with Crippen LogP contribution in [0.4, 0.5) is 0 Å². The number of hydrogen-bond acceptors (Lipinski definition) is 5. The highest BCUT2D eigenvalue weighted by Crippen LogP contribution is 2.22. The third kappa shape index (κ3) is 3.63. The number of ether oxygens (including phenoxy) is 1. The van der Waals surface area contributed by atoms with Crippen molar-refractivity contribution in [2.45, 2.75) is 25.0 Å². The summed E-state index contributed by atoms with van der Waals surface area (Å²) >= 11 is 0. The van der Waals surface area contributed by atoms with Crippen LogP contribution in [-0.2, 0) is 19.6 Å². The Hall–Kier alpha value is -0.700. The average molecular weight is 267 g/mol. The first kappa shape index (κ1) is 14.4. The summed E-state index contributed by atoms with van der Waals surface area (Å²) < 4.78 is 29.3. The van der Waals surface area contributed by atoms with Crippen molar-refractivity contribution >= 4 is 16.0 Å². The largest absolute Gasteiger partial charge is 0.480 e. The molecule has 0 aromatic carbocycles. The van der Waals surface area contributed by atoms with Crippen molar-refractivity contribution in [3.8, 4) is 0 Å². The highest BCUT2D eigenvalue weighted by Gasteiger charge is 2.42. The fourth-order valence-electron chi connectivity index (χ4n) is 1.82. The third-order valence-electron chi connectivity index (χ3n) is 2.63. The standard InChI is InChI=1S/C9H17NO6S/c1-16-3-2-4-17(14,15)10-6-7(11)5-8(10)9(12)13/h7-8,11H,2-6H2,1H3,(H,12,13)/t7-,8+/m1/s1. The quantitative estimate of drug-likeness (QED) is 0.590. The van der Waals surface area contributed by atoms with Gasteiger partial charge in [0, 0.05) is 26.7 Å². The van der Waals surface area contributed by atoms with Crippen molar-refractivity contribution in [1.82, 2.24) is 4.31 Å². The lowest BCUT2D eigenvalue weighted by Crippen LogP contribution is -2.41. The van der Waals surface area contributed by atoms with Gasteiger partial charge >= 0.3 is 5.97 Å². The molecule has 1 heterocycles. The molecule has 0 saturated carbocycles. The van der Waals surface area contributed by atoms with Crippen LogP contribution in [0.1, 0.15) is 12.8 Å². The highest BCUT2D eigenvalue weighted by molar-refractivity contribution is 7.89. The number of hydrogen-bond donors (Lipinski definition) is 2. The maximum absolute atomic E-state index is 11.9. The Morgan fingerprint density at radius 3 is 2.71 bits per heavy atom. The molecule has 100 valence electrons. The molecule has 0 aromatic heterocycles. The van der Waals surface area contributed by atoms with Crippen molar-refractivity contribution in [3.63, 3.8) is 0 Å². The Bertz CT molecular complexity index is 368.